The maximum atomic E-state index is 14.7. The second kappa shape index (κ2) is 8.38. The Morgan fingerprint density at radius 1 is 1.31 bits per heavy atom. The number of hydrogen-bond acceptors (Lipinski definition) is 3. The van der Waals surface area contributed by atoms with E-state index in [0.717, 1.165) is 24.8 Å². The van der Waals surface area contributed by atoms with Crippen LogP contribution in [0.1, 0.15) is 47.6 Å². The van der Waals surface area contributed by atoms with E-state index in [1.165, 1.54) is 23.9 Å². The van der Waals surface area contributed by atoms with Crippen molar-refractivity contribution in [3.8, 4) is 11.8 Å². The lowest BCUT2D eigenvalue weighted by molar-refractivity contribution is 0.611. The predicted octanol–water partition coefficient (Wildman–Crippen LogP) is 4.98. The normalized spacial score (nSPS) is 21.5. The van der Waals surface area contributed by atoms with Gasteiger partial charge < -0.3 is 5.73 Å². The van der Waals surface area contributed by atoms with Crippen LogP contribution in [0.4, 0.5) is 8.78 Å². The Labute approximate surface area is 173 Å². The summed E-state index contributed by atoms with van der Waals surface area (Å²) in [6.07, 6.45) is 6.12. The van der Waals surface area contributed by atoms with Gasteiger partial charge in [-0.3, -0.25) is 9.98 Å². The molecule has 2 aliphatic carbocycles. The molecule has 4 rings (SSSR count). The molecule has 2 unspecified atom stereocenters. The third-order valence-corrected chi connectivity index (χ3v) is 6.19. The third kappa shape index (κ3) is 5.04. The Morgan fingerprint density at radius 3 is 2.83 bits per heavy atom. The SMILES string of the molecule is CN=C(N)SC1CC1c1cc(/C=C(\F)c2ccc(C#CC3CC3)cn2)ccc1F. The minimum atomic E-state index is -0.464. The van der Waals surface area contributed by atoms with Gasteiger partial charge in [-0.05, 0) is 60.7 Å². The summed E-state index contributed by atoms with van der Waals surface area (Å²) in [6, 6.07) is 8.05. The molecule has 2 saturated carbocycles. The second-order valence-electron chi connectivity index (χ2n) is 7.31. The predicted molar refractivity (Wildman–Crippen MR) is 116 cm³/mol. The molecular formula is C23H21F2N3S. The van der Waals surface area contributed by atoms with E-state index in [-0.39, 0.29) is 22.7 Å². The van der Waals surface area contributed by atoms with Crippen molar-refractivity contribution in [1.29, 1.82) is 0 Å². The van der Waals surface area contributed by atoms with Gasteiger partial charge in [-0.2, -0.15) is 0 Å². The van der Waals surface area contributed by atoms with E-state index in [1.54, 1.807) is 37.5 Å². The van der Waals surface area contributed by atoms with Gasteiger partial charge in [-0.25, -0.2) is 8.78 Å². The van der Waals surface area contributed by atoms with Crippen LogP contribution in [0, 0.1) is 23.6 Å². The molecule has 2 fully saturated rings. The van der Waals surface area contributed by atoms with Crippen molar-refractivity contribution in [1.82, 2.24) is 4.98 Å². The fourth-order valence-corrected chi connectivity index (χ4v) is 4.05. The van der Waals surface area contributed by atoms with E-state index < -0.39 is 5.83 Å². The molecule has 148 valence electrons. The Balaban J connectivity index is 1.48. The van der Waals surface area contributed by atoms with Gasteiger partial charge in [-0.1, -0.05) is 29.7 Å². The number of pyridine rings is 1. The van der Waals surface area contributed by atoms with Gasteiger partial charge in [0.2, 0.25) is 0 Å². The maximum absolute atomic E-state index is 14.7. The zero-order valence-corrected chi connectivity index (χ0v) is 16.8. The van der Waals surface area contributed by atoms with Crippen LogP contribution in [0.15, 0.2) is 41.5 Å². The molecule has 1 heterocycles. The maximum Gasteiger partial charge on any atom is 0.153 e. The zero-order valence-electron chi connectivity index (χ0n) is 16.0. The number of rotatable bonds is 4. The Bertz CT molecular complexity index is 1030. The highest BCUT2D eigenvalue weighted by Gasteiger charge is 2.41. The van der Waals surface area contributed by atoms with Gasteiger partial charge in [0.1, 0.15) is 11.6 Å². The monoisotopic (exact) mass is 409 g/mol. The molecule has 0 amide bonds. The van der Waals surface area contributed by atoms with Crippen LogP contribution in [0.3, 0.4) is 0 Å². The second-order valence-corrected chi connectivity index (χ2v) is 8.57. The molecule has 0 saturated heterocycles. The molecule has 1 aromatic carbocycles. The Morgan fingerprint density at radius 2 is 2.14 bits per heavy atom. The van der Waals surface area contributed by atoms with E-state index in [0.29, 0.717) is 22.2 Å². The van der Waals surface area contributed by atoms with Crippen LogP contribution in [0.25, 0.3) is 11.9 Å². The molecule has 2 N–H and O–H groups in total. The summed E-state index contributed by atoms with van der Waals surface area (Å²) < 4.78 is 28.9. The summed E-state index contributed by atoms with van der Waals surface area (Å²) in [5.74, 6) is 6.05. The molecule has 2 atom stereocenters. The fraction of sp³-hybridized carbons (Fsp3) is 0.304. The van der Waals surface area contributed by atoms with Crippen LogP contribution in [0.2, 0.25) is 0 Å². The van der Waals surface area contributed by atoms with Crippen LogP contribution >= 0.6 is 11.8 Å². The summed E-state index contributed by atoms with van der Waals surface area (Å²) in [5, 5.41) is 0.708. The van der Waals surface area contributed by atoms with Gasteiger partial charge in [0.25, 0.3) is 0 Å². The quantitative estimate of drug-likeness (QED) is 0.440. The first kappa shape index (κ1) is 19.7. The van der Waals surface area contributed by atoms with Crippen molar-refractivity contribution in [2.75, 3.05) is 7.05 Å². The van der Waals surface area contributed by atoms with Crippen LogP contribution in [-0.4, -0.2) is 22.4 Å². The number of thioether (sulfide) groups is 1. The van der Waals surface area contributed by atoms with Crippen molar-refractivity contribution in [3.63, 3.8) is 0 Å². The Kier molecular flexibility index (Phi) is 5.68. The first-order valence-electron chi connectivity index (χ1n) is 9.57. The lowest BCUT2D eigenvalue weighted by Crippen LogP contribution is -2.07. The molecule has 3 nitrogen and oxygen atoms in total. The molecule has 6 heteroatoms. The molecule has 2 aromatic rings. The summed E-state index contributed by atoms with van der Waals surface area (Å²) >= 11 is 1.46. The molecule has 29 heavy (non-hydrogen) atoms. The highest BCUT2D eigenvalue weighted by atomic mass is 32.2. The number of amidine groups is 1. The molecular weight excluding hydrogens is 388 g/mol. The number of nitrogens with two attached hydrogens (primary N) is 1. The number of nitrogens with zero attached hydrogens (tertiary/aromatic N) is 2. The molecule has 2 aliphatic rings. The topological polar surface area (TPSA) is 51.3 Å². The number of aromatic nitrogens is 1. The van der Waals surface area contributed by atoms with Gasteiger partial charge >= 0.3 is 0 Å². The summed E-state index contributed by atoms with van der Waals surface area (Å²) in [6.45, 7) is 0. The Hall–Kier alpha value is -2.65. The van der Waals surface area contributed by atoms with Crippen molar-refractivity contribution in [2.45, 2.75) is 30.4 Å². The standard InChI is InChI=1S/C23H21F2N3S/c1-27-23(26)29-22-12-18(22)17-10-16(6-8-19(17)24)11-20(25)21-9-7-15(13-28-21)5-4-14-2-3-14/h6-11,13-14,18,22H,2-3,12H2,1H3,(H2,26,27)/b20-11-. The van der Waals surface area contributed by atoms with E-state index in [4.69, 9.17) is 5.73 Å². The average molecular weight is 410 g/mol. The highest BCUT2D eigenvalue weighted by Crippen LogP contribution is 2.50. The zero-order chi connectivity index (χ0) is 20.4. The molecule has 1 aromatic heterocycles. The summed E-state index contributed by atoms with van der Waals surface area (Å²) in [4.78, 5) is 8.09. The van der Waals surface area contributed by atoms with Gasteiger partial charge in [0.05, 0.1) is 5.69 Å². The minimum Gasteiger partial charge on any atom is -0.379 e. The molecule has 0 spiro atoms. The van der Waals surface area contributed by atoms with Gasteiger partial charge in [0.15, 0.2) is 5.17 Å². The summed E-state index contributed by atoms with van der Waals surface area (Å²) in [5.41, 5.74) is 7.95. The first-order valence-corrected chi connectivity index (χ1v) is 10.4. The van der Waals surface area contributed by atoms with Crippen LogP contribution in [0.5, 0.6) is 0 Å². The van der Waals surface area contributed by atoms with Crippen molar-refractivity contribution >= 4 is 28.8 Å². The first-order chi connectivity index (χ1) is 14.0. The number of halogens is 2. The van der Waals surface area contributed by atoms with Crippen LogP contribution < -0.4 is 5.73 Å². The number of benzene rings is 1. The minimum absolute atomic E-state index is 0.0687. The van der Waals surface area contributed by atoms with Crippen molar-refractivity contribution in [2.24, 2.45) is 16.6 Å². The van der Waals surface area contributed by atoms with Gasteiger partial charge in [0, 0.05) is 35.9 Å². The molecule has 0 bridgehead atoms. The lowest BCUT2D eigenvalue weighted by Gasteiger charge is -2.05. The fourth-order valence-electron chi connectivity index (χ4n) is 3.02. The molecule has 0 radical (unpaired) electrons. The molecule has 0 aliphatic heterocycles. The van der Waals surface area contributed by atoms with Crippen LogP contribution in [-0.2, 0) is 0 Å². The largest absolute Gasteiger partial charge is 0.379 e. The average Bonchev–Trinajstić information content (AvgIpc) is 3.64. The number of hydrogen-bond donors (Lipinski definition) is 1. The van der Waals surface area contributed by atoms with E-state index in [1.807, 2.05) is 0 Å². The van der Waals surface area contributed by atoms with E-state index >= 15 is 0 Å². The number of aliphatic imine (C=N–C) groups is 1. The van der Waals surface area contributed by atoms with Crippen molar-refractivity contribution in [3.05, 3.63) is 64.7 Å². The van der Waals surface area contributed by atoms with E-state index in [2.05, 4.69) is 21.8 Å². The third-order valence-electron chi connectivity index (χ3n) is 4.94. The summed E-state index contributed by atoms with van der Waals surface area (Å²) in [7, 11) is 1.63. The van der Waals surface area contributed by atoms with E-state index in [9.17, 15) is 8.78 Å². The highest BCUT2D eigenvalue weighted by molar-refractivity contribution is 8.14. The lowest BCUT2D eigenvalue weighted by atomic mass is 10.1. The van der Waals surface area contributed by atoms with Gasteiger partial charge in [-0.15, -0.1) is 0 Å². The van der Waals surface area contributed by atoms with Crippen molar-refractivity contribution < 1.29 is 8.78 Å². The smallest absolute Gasteiger partial charge is 0.153 e.